The second kappa shape index (κ2) is 8.66. The molecule has 144 valence electrons. The maximum atomic E-state index is 12.3. The van der Waals surface area contributed by atoms with Gasteiger partial charge in [0, 0.05) is 24.7 Å². The van der Waals surface area contributed by atoms with E-state index >= 15 is 0 Å². The number of aryl methyl sites for hydroxylation is 1. The zero-order chi connectivity index (χ0) is 20.1. The van der Waals surface area contributed by atoms with Gasteiger partial charge < -0.3 is 9.30 Å². The summed E-state index contributed by atoms with van der Waals surface area (Å²) in [4.78, 5) is 22.7. The Morgan fingerprint density at radius 1 is 1.21 bits per heavy atom. The third kappa shape index (κ3) is 4.55. The van der Waals surface area contributed by atoms with Crippen molar-refractivity contribution in [1.82, 2.24) is 14.8 Å². The molecule has 2 aromatic carbocycles. The highest BCUT2D eigenvalue weighted by Gasteiger charge is 2.15. The summed E-state index contributed by atoms with van der Waals surface area (Å²) in [5.41, 5.74) is 1.22. The summed E-state index contributed by atoms with van der Waals surface area (Å²) in [5.74, 6) is 1.30. The number of carbonyl (C=O) groups is 1. The average Bonchev–Trinajstić information content (AvgIpc) is 3.05. The van der Waals surface area contributed by atoms with Crippen LogP contribution in [0.5, 0.6) is 5.75 Å². The topological polar surface area (TPSA) is 100 Å². The number of non-ortho nitro benzene ring substituents is 1. The van der Waals surface area contributed by atoms with E-state index < -0.39 is 4.92 Å². The molecule has 0 amide bonds. The number of hydrogen-bond acceptors (Lipinski definition) is 7. The Kier molecular flexibility index (Phi) is 6.05. The number of nitro groups is 1. The SMILES string of the molecule is Cc1ccccc1OCc1nnc(SCC(=O)c2cccc([N+](=O)[O-])c2)n1C. The standard InChI is InChI=1S/C19H18N4O4S/c1-13-6-3-4-9-17(13)27-11-18-20-21-19(22(18)2)28-12-16(24)14-7-5-8-15(10-14)23(25)26/h3-10H,11-12H2,1-2H3. The molecule has 0 saturated heterocycles. The van der Waals surface area contributed by atoms with Crippen LogP contribution in [0, 0.1) is 17.0 Å². The lowest BCUT2D eigenvalue weighted by Crippen LogP contribution is -2.06. The van der Waals surface area contributed by atoms with Gasteiger partial charge in [0.15, 0.2) is 16.8 Å². The van der Waals surface area contributed by atoms with Gasteiger partial charge in [-0.15, -0.1) is 10.2 Å². The van der Waals surface area contributed by atoms with Gasteiger partial charge in [-0.05, 0) is 18.6 Å². The molecule has 3 aromatic rings. The van der Waals surface area contributed by atoms with Crippen LogP contribution in [-0.2, 0) is 13.7 Å². The van der Waals surface area contributed by atoms with E-state index in [1.165, 1.54) is 30.0 Å². The number of hydrogen-bond donors (Lipinski definition) is 0. The molecule has 3 rings (SSSR count). The largest absolute Gasteiger partial charge is 0.485 e. The van der Waals surface area contributed by atoms with Gasteiger partial charge >= 0.3 is 0 Å². The van der Waals surface area contributed by atoms with E-state index in [0.29, 0.717) is 16.5 Å². The van der Waals surface area contributed by atoms with Gasteiger partial charge in [0.1, 0.15) is 12.4 Å². The van der Waals surface area contributed by atoms with E-state index in [1.807, 2.05) is 31.2 Å². The van der Waals surface area contributed by atoms with Crippen molar-refractivity contribution in [2.24, 2.45) is 7.05 Å². The highest BCUT2D eigenvalue weighted by molar-refractivity contribution is 7.99. The molecule has 28 heavy (non-hydrogen) atoms. The summed E-state index contributed by atoms with van der Waals surface area (Å²) in [6.07, 6.45) is 0. The number of ketones is 1. The summed E-state index contributed by atoms with van der Waals surface area (Å²) >= 11 is 1.22. The Labute approximate surface area is 165 Å². The van der Waals surface area contributed by atoms with Crippen LogP contribution in [-0.4, -0.2) is 31.2 Å². The second-order valence-corrected chi connectivity index (χ2v) is 6.97. The first-order chi connectivity index (χ1) is 13.5. The number of carbonyl (C=O) groups excluding carboxylic acids is 1. The first kappa shape index (κ1) is 19.6. The summed E-state index contributed by atoms with van der Waals surface area (Å²) in [7, 11) is 1.80. The number of benzene rings is 2. The zero-order valence-corrected chi connectivity index (χ0v) is 16.2. The highest BCUT2D eigenvalue weighted by Crippen LogP contribution is 2.21. The van der Waals surface area contributed by atoms with E-state index in [4.69, 9.17) is 4.74 Å². The van der Waals surface area contributed by atoms with Gasteiger partial charge in [0.25, 0.3) is 5.69 Å². The number of rotatable bonds is 8. The zero-order valence-electron chi connectivity index (χ0n) is 15.4. The Bertz CT molecular complexity index is 1020. The van der Waals surface area contributed by atoms with Gasteiger partial charge in [-0.25, -0.2) is 0 Å². The fourth-order valence-electron chi connectivity index (χ4n) is 2.46. The van der Waals surface area contributed by atoms with Crippen LogP contribution < -0.4 is 4.74 Å². The smallest absolute Gasteiger partial charge is 0.270 e. The lowest BCUT2D eigenvalue weighted by atomic mass is 10.1. The third-order valence-electron chi connectivity index (χ3n) is 4.09. The Morgan fingerprint density at radius 3 is 2.75 bits per heavy atom. The number of aromatic nitrogens is 3. The number of para-hydroxylation sites is 1. The molecule has 0 bridgehead atoms. The average molecular weight is 398 g/mol. The molecule has 0 aliphatic rings. The molecular weight excluding hydrogens is 380 g/mol. The lowest BCUT2D eigenvalue weighted by molar-refractivity contribution is -0.384. The number of ether oxygens (including phenoxy) is 1. The first-order valence-electron chi connectivity index (χ1n) is 8.43. The molecule has 0 atom stereocenters. The van der Waals surface area contributed by atoms with E-state index in [9.17, 15) is 14.9 Å². The monoisotopic (exact) mass is 398 g/mol. The van der Waals surface area contributed by atoms with Crippen LogP contribution in [0.4, 0.5) is 5.69 Å². The quantitative estimate of drug-likeness (QED) is 0.247. The molecule has 0 N–H and O–H groups in total. The van der Waals surface area contributed by atoms with Crippen molar-refractivity contribution >= 4 is 23.2 Å². The highest BCUT2D eigenvalue weighted by atomic mass is 32.2. The molecule has 0 aliphatic carbocycles. The van der Waals surface area contributed by atoms with Gasteiger partial charge in [0.2, 0.25) is 0 Å². The Morgan fingerprint density at radius 2 is 2.00 bits per heavy atom. The normalized spacial score (nSPS) is 10.6. The van der Waals surface area contributed by atoms with Gasteiger partial charge in [0.05, 0.1) is 10.7 Å². The van der Waals surface area contributed by atoms with Crippen LogP contribution in [0.15, 0.2) is 53.7 Å². The van der Waals surface area contributed by atoms with Crippen LogP contribution in [0.1, 0.15) is 21.7 Å². The molecule has 0 unspecified atom stereocenters. The number of thioether (sulfide) groups is 1. The van der Waals surface area contributed by atoms with Crippen molar-refractivity contribution in [2.75, 3.05) is 5.75 Å². The molecule has 0 aliphatic heterocycles. The van der Waals surface area contributed by atoms with Crippen molar-refractivity contribution < 1.29 is 14.5 Å². The van der Waals surface area contributed by atoms with Gasteiger partial charge in [-0.3, -0.25) is 14.9 Å². The predicted octanol–water partition coefficient (Wildman–Crippen LogP) is 3.59. The molecular formula is C19H18N4O4S. The van der Waals surface area contributed by atoms with E-state index in [2.05, 4.69) is 10.2 Å². The molecule has 9 heteroatoms. The molecule has 0 fully saturated rings. The summed E-state index contributed by atoms with van der Waals surface area (Å²) < 4.78 is 7.55. The summed E-state index contributed by atoms with van der Waals surface area (Å²) in [6.45, 7) is 2.22. The molecule has 1 heterocycles. The fraction of sp³-hybridized carbons (Fsp3) is 0.211. The van der Waals surface area contributed by atoms with Crippen LogP contribution in [0.2, 0.25) is 0 Å². The summed E-state index contributed by atoms with van der Waals surface area (Å²) in [6, 6.07) is 13.4. The van der Waals surface area contributed by atoms with Gasteiger partial charge in [-0.2, -0.15) is 0 Å². The van der Waals surface area contributed by atoms with E-state index in [-0.39, 0.29) is 23.8 Å². The molecule has 8 nitrogen and oxygen atoms in total. The fourth-order valence-corrected chi connectivity index (χ4v) is 3.29. The van der Waals surface area contributed by atoms with Crippen molar-refractivity contribution in [3.8, 4) is 5.75 Å². The Hall–Kier alpha value is -3.20. The maximum Gasteiger partial charge on any atom is 0.270 e. The first-order valence-corrected chi connectivity index (χ1v) is 9.41. The minimum atomic E-state index is -0.521. The van der Waals surface area contributed by atoms with Gasteiger partial charge in [-0.1, -0.05) is 42.1 Å². The van der Waals surface area contributed by atoms with E-state index in [1.54, 1.807) is 17.7 Å². The number of nitrogens with zero attached hydrogens (tertiary/aromatic N) is 4. The van der Waals surface area contributed by atoms with Crippen molar-refractivity contribution in [3.05, 3.63) is 75.6 Å². The number of nitro benzene ring substituents is 1. The van der Waals surface area contributed by atoms with Crippen LogP contribution in [0.3, 0.4) is 0 Å². The molecule has 0 spiro atoms. The minimum absolute atomic E-state index is 0.103. The van der Waals surface area contributed by atoms with Crippen molar-refractivity contribution in [3.63, 3.8) is 0 Å². The Balaban J connectivity index is 1.61. The molecule has 0 radical (unpaired) electrons. The predicted molar refractivity (Wildman–Crippen MR) is 105 cm³/mol. The summed E-state index contributed by atoms with van der Waals surface area (Å²) in [5, 5.41) is 19.6. The third-order valence-corrected chi connectivity index (χ3v) is 5.11. The van der Waals surface area contributed by atoms with Crippen molar-refractivity contribution in [2.45, 2.75) is 18.7 Å². The molecule has 1 aromatic heterocycles. The molecule has 0 saturated carbocycles. The maximum absolute atomic E-state index is 12.3. The number of Topliss-reactive ketones (excluding diaryl/α,β-unsaturated/α-hetero) is 1. The van der Waals surface area contributed by atoms with E-state index in [0.717, 1.165) is 11.3 Å². The van der Waals surface area contributed by atoms with Crippen molar-refractivity contribution in [1.29, 1.82) is 0 Å². The lowest BCUT2D eigenvalue weighted by Gasteiger charge is -2.08. The van der Waals surface area contributed by atoms with Crippen LogP contribution in [0.25, 0.3) is 0 Å². The minimum Gasteiger partial charge on any atom is -0.485 e. The van der Waals surface area contributed by atoms with Crippen LogP contribution >= 0.6 is 11.8 Å². The second-order valence-electron chi connectivity index (χ2n) is 6.03.